The monoisotopic (exact) mass is 200 g/mol. The smallest absolute Gasteiger partial charge is 0.166 e. The van der Waals surface area contributed by atoms with E-state index in [9.17, 15) is 0 Å². The van der Waals surface area contributed by atoms with Crippen LogP contribution in [0.25, 0.3) is 0 Å². The summed E-state index contributed by atoms with van der Waals surface area (Å²) in [5.41, 5.74) is 0. The highest BCUT2D eigenvalue weighted by atomic mass is 32.1. The van der Waals surface area contributed by atoms with E-state index in [1.165, 1.54) is 19.3 Å². The first-order chi connectivity index (χ1) is 6.15. The van der Waals surface area contributed by atoms with Gasteiger partial charge in [0.1, 0.15) is 0 Å². The largest absolute Gasteiger partial charge is 0.366 e. The highest BCUT2D eigenvalue weighted by Gasteiger charge is 2.26. The minimum absolute atomic E-state index is 0.573. The Morgan fingerprint density at radius 1 is 1.31 bits per heavy atom. The number of rotatable bonds is 1. The summed E-state index contributed by atoms with van der Waals surface area (Å²) in [6.45, 7) is 4.65. The summed E-state index contributed by atoms with van der Waals surface area (Å²) in [5.74, 6) is 1.56. The molecule has 1 aliphatic carbocycles. The van der Waals surface area contributed by atoms with Crippen molar-refractivity contribution in [3.8, 4) is 0 Å². The van der Waals surface area contributed by atoms with Crippen molar-refractivity contribution in [2.24, 2.45) is 11.8 Å². The van der Waals surface area contributed by atoms with Crippen LogP contribution in [0.2, 0.25) is 0 Å². The molecule has 1 aliphatic rings. The fourth-order valence-corrected chi connectivity index (χ4v) is 2.18. The van der Waals surface area contributed by atoms with Crippen molar-refractivity contribution < 1.29 is 0 Å². The molecule has 2 nitrogen and oxygen atoms in total. The van der Waals surface area contributed by atoms with E-state index in [2.05, 4.69) is 24.5 Å². The molecule has 1 rings (SSSR count). The van der Waals surface area contributed by atoms with Gasteiger partial charge in [0.2, 0.25) is 0 Å². The Kier molecular flexibility index (Phi) is 3.97. The van der Waals surface area contributed by atoms with Crippen molar-refractivity contribution in [3.63, 3.8) is 0 Å². The van der Waals surface area contributed by atoms with Gasteiger partial charge in [-0.3, -0.25) is 0 Å². The Hall–Kier alpha value is -0.310. The van der Waals surface area contributed by atoms with Crippen LogP contribution in [0, 0.1) is 11.8 Å². The van der Waals surface area contributed by atoms with Crippen LogP contribution in [-0.4, -0.2) is 18.2 Å². The maximum atomic E-state index is 5.11. The van der Waals surface area contributed by atoms with Crippen molar-refractivity contribution in [1.29, 1.82) is 0 Å². The molecule has 1 fully saturated rings. The average molecular weight is 200 g/mol. The number of hydrogen-bond acceptors (Lipinski definition) is 1. The SMILES string of the molecule is CNC(=S)N[C@@H]1CCC[C@H](C)[C@@H]1C. The molecule has 0 aromatic heterocycles. The molecule has 0 spiro atoms. The molecule has 2 N–H and O–H groups in total. The molecule has 0 aromatic carbocycles. The molecule has 0 aromatic rings. The molecular formula is C10H20N2S. The molecule has 0 heterocycles. The first-order valence-electron chi connectivity index (χ1n) is 5.13. The van der Waals surface area contributed by atoms with Crippen LogP contribution in [0.5, 0.6) is 0 Å². The van der Waals surface area contributed by atoms with Crippen LogP contribution in [0.15, 0.2) is 0 Å². The summed E-state index contributed by atoms with van der Waals surface area (Å²) in [6.07, 6.45) is 3.95. The molecule has 0 radical (unpaired) electrons. The van der Waals surface area contributed by atoms with Gasteiger partial charge in [-0.2, -0.15) is 0 Å². The van der Waals surface area contributed by atoms with Gasteiger partial charge in [-0.1, -0.05) is 26.7 Å². The third-order valence-corrected chi connectivity index (χ3v) is 3.57. The van der Waals surface area contributed by atoms with E-state index in [-0.39, 0.29) is 0 Å². The zero-order chi connectivity index (χ0) is 9.84. The lowest BCUT2D eigenvalue weighted by Crippen LogP contribution is -2.46. The van der Waals surface area contributed by atoms with Crippen LogP contribution >= 0.6 is 12.2 Å². The third-order valence-electron chi connectivity index (χ3n) is 3.25. The van der Waals surface area contributed by atoms with E-state index >= 15 is 0 Å². The average Bonchev–Trinajstić information content (AvgIpc) is 2.13. The zero-order valence-corrected chi connectivity index (χ0v) is 9.58. The van der Waals surface area contributed by atoms with E-state index in [0.717, 1.165) is 16.9 Å². The van der Waals surface area contributed by atoms with E-state index in [1.54, 1.807) is 0 Å². The predicted molar refractivity (Wildman–Crippen MR) is 60.8 cm³/mol. The number of nitrogens with one attached hydrogen (secondary N) is 2. The summed E-state index contributed by atoms with van der Waals surface area (Å²) < 4.78 is 0. The predicted octanol–water partition coefficient (Wildman–Crippen LogP) is 1.90. The standard InChI is InChI=1S/C10H20N2S/c1-7-5-4-6-9(8(7)2)12-10(13)11-3/h7-9H,4-6H2,1-3H3,(H2,11,12,13)/t7-,8-,9+/m0/s1. The lowest BCUT2D eigenvalue weighted by atomic mass is 9.78. The minimum atomic E-state index is 0.573. The molecule has 76 valence electrons. The zero-order valence-electron chi connectivity index (χ0n) is 8.76. The van der Waals surface area contributed by atoms with Gasteiger partial charge < -0.3 is 10.6 Å². The summed E-state index contributed by atoms with van der Waals surface area (Å²) in [5, 5.41) is 7.12. The molecule has 0 amide bonds. The minimum Gasteiger partial charge on any atom is -0.366 e. The molecule has 0 unspecified atom stereocenters. The van der Waals surface area contributed by atoms with Crippen molar-refractivity contribution in [2.75, 3.05) is 7.05 Å². The molecule has 3 heteroatoms. The van der Waals surface area contributed by atoms with Crippen molar-refractivity contribution in [3.05, 3.63) is 0 Å². The van der Waals surface area contributed by atoms with E-state index in [0.29, 0.717) is 6.04 Å². The Labute approximate surface area is 86.5 Å². The highest BCUT2D eigenvalue weighted by molar-refractivity contribution is 7.80. The maximum absolute atomic E-state index is 5.11. The van der Waals surface area contributed by atoms with Gasteiger partial charge in [0.05, 0.1) is 0 Å². The first-order valence-corrected chi connectivity index (χ1v) is 5.54. The van der Waals surface area contributed by atoms with Crippen LogP contribution in [0.4, 0.5) is 0 Å². The fourth-order valence-electron chi connectivity index (χ4n) is 2.03. The second-order valence-corrected chi connectivity index (χ2v) is 4.51. The summed E-state index contributed by atoms with van der Waals surface area (Å²) in [4.78, 5) is 0. The Morgan fingerprint density at radius 2 is 2.00 bits per heavy atom. The van der Waals surface area contributed by atoms with Crippen molar-refractivity contribution in [2.45, 2.75) is 39.2 Å². The first kappa shape index (κ1) is 10.8. The Morgan fingerprint density at radius 3 is 2.62 bits per heavy atom. The van der Waals surface area contributed by atoms with Crippen LogP contribution in [0.3, 0.4) is 0 Å². The van der Waals surface area contributed by atoms with Crippen molar-refractivity contribution >= 4 is 17.3 Å². The van der Waals surface area contributed by atoms with Gasteiger partial charge in [0.15, 0.2) is 5.11 Å². The van der Waals surface area contributed by atoms with Crippen molar-refractivity contribution in [1.82, 2.24) is 10.6 Å². The second-order valence-electron chi connectivity index (χ2n) is 4.10. The molecule has 1 saturated carbocycles. The molecule has 3 atom stereocenters. The second kappa shape index (κ2) is 4.80. The Balaban J connectivity index is 2.43. The number of thiocarbonyl (C=S) groups is 1. The lowest BCUT2D eigenvalue weighted by molar-refractivity contribution is 0.224. The van der Waals surface area contributed by atoms with Gasteiger partial charge in [0, 0.05) is 13.1 Å². The van der Waals surface area contributed by atoms with Crippen LogP contribution < -0.4 is 10.6 Å². The topological polar surface area (TPSA) is 24.1 Å². The molecular weight excluding hydrogens is 180 g/mol. The van der Waals surface area contributed by atoms with Gasteiger partial charge in [-0.05, 0) is 30.5 Å². The van der Waals surface area contributed by atoms with E-state index in [4.69, 9.17) is 12.2 Å². The van der Waals surface area contributed by atoms with Gasteiger partial charge >= 0.3 is 0 Å². The molecule has 0 saturated heterocycles. The number of hydrogen-bond donors (Lipinski definition) is 2. The summed E-state index contributed by atoms with van der Waals surface area (Å²) in [6, 6.07) is 0.573. The summed E-state index contributed by atoms with van der Waals surface area (Å²) in [7, 11) is 1.87. The molecule has 0 aliphatic heterocycles. The molecule has 13 heavy (non-hydrogen) atoms. The van der Waals surface area contributed by atoms with Gasteiger partial charge in [-0.15, -0.1) is 0 Å². The summed E-state index contributed by atoms with van der Waals surface area (Å²) >= 11 is 5.11. The Bertz CT molecular complexity index is 182. The van der Waals surface area contributed by atoms with Gasteiger partial charge in [0.25, 0.3) is 0 Å². The lowest BCUT2D eigenvalue weighted by Gasteiger charge is -2.35. The highest BCUT2D eigenvalue weighted by Crippen LogP contribution is 2.29. The normalized spacial score (nSPS) is 33.9. The van der Waals surface area contributed by atoms with Crippen LogP contribution in [0.1, 0.15) is 33.1 Å². The van der Waals surface area contributed by atoms with Gasteiger partial charge in [-0.25, -0.2) is 0 Å². The fraction of sp³-hybridized carbons (Fsp3) is 0.900. The maximum Gasteiger partial charge on any atom is 0.166 e. The quantitative estimate of drug-likeness (QED) is 0.632. The van der Waals surface area contributed by atoms with E-state index < -0.39 is 0 Å². The third kappa shape index (κ3) is 2.83. The van der Waals surface area contributed by atoms with E-state index in [1.807, 2.05) is 7.05 Å². The van der Waals surface area contributed by atoms with Crippen LogP contribution in [-0.2, 0) is 0 Å². The molecule has 0 bridgehead atoms.